The molecule has 1 aromatic rings. The highest BCUT2D eigenvalue weighted by atomic mass is 32.1. The molecule has 0 aliphatic carbocycles. The number of rotatable bonds is 4. The predicted octanol–water partition coefficient (Wildman–Crippen LogP) is 2.53. The monoisotopic (exact) mass is 239 g/mol. The van der Waals surface area contributed by atoms with Crippen molar-refractivity contribution in [3.8, 4) is 0 Å². The fourth-order valence-corrected chi connectivity index (χ4v) is 3.27. The van der Waals surface area contributed by atoms with E-state index >= 15 is 0 Å². The molecule has 1 aromatic heterocycles. The Morgan fingerprint density at radius 3 is 2.69 bits per heavy atom. The number of carbonyl (C=O) groups is 1. The van der Waals surface area contributed by atoms with Crippen molar-refractivity contribution < 1.29 is 9.90 Å². The summed E-state index contributed by atoms with van der Waals surface area (Å²) in [5.41, 5.74) is 0. The molecule has 2 rings (SSSR count). The zero-order valence-corrected chi connectivity index (χ0v) is 10.3. The Kier molecular flexibility index (Phi) is 3.61. The third-order valence-electron chi connectivity index (χ3n) is 3.04. The lowest BCUT2D eigenvalue weighted by Gasteiger charge is -2.22. The first-order valence-electron chi connectivity index (χ1n) is 5.78. The van der Waals surface area contributed by atoms with Crippen LogP contribution in [0.3, 0.4) is 0 Å². The van der Waals surface area contributed by atoms with Gasteiger partial charge < -0.3 is 5.11 Å². The number of thiophene rings is 1. The number of likely N-dealkylation sites (tertiary alicyclic amines) is 1. The second kappa shape index (κ2) is 4.97. The molecule has 1 atom stereocenters. The SMILES string of the molecule is CCc1ccc(C(C(=O)O)N2CCCC2)s1. The van der Waals surface area contributed by atoms with Crippen molar-refractivity contribution in [3.63, 3.8) is 0 Å². The molecule has 3 nitrogen and oxygen atoms in total. The molecule has 0 bridgehead atoms. The van der Waals surface area contributed by atoms with Gasteiger partial charge in [0, 0.05) is 9.75 Å². The van der Waals surface area contributed by atoms with Crippen LogP contribution in [0.1, 0.15) is 35.6 Å². The van der Waals surface area contributed by atoms with Crippen LogP contribution in [-0.2, 0) is 11.2 Å². The fourth-order valence-electron chi connectivity index (χ4n) is 2.19. The van der Waals surface area contributed by atoms with Crippen LogP contribution >= 0.6 is 11.3 Å². The van der Waals surface area contributed by atoms with E-state index in [1.807, 2.05) is 12.1 Å². The highest BCUT2D eigenvalue weighted by Gasteiger charge is 2.30. The molecule has 0 spiro atoms. The number of hydrogen-bond acceptors (Lipinski definition) is 3. The number of aryl methyl sites for hydroxylation is 1. The van der Waals surface area contributed by atoms with E-state index < -0.39 is 12.0 Å². The average molecular weight is 239 g/mol. The number of nitrogens with zero attached hydrogens (tertiary/aromatic N) is 1. The van der Waals surface area contributed by atoms with Crippen molar-refractivity contribution in [2.24, 2.45) is 0 Å². The summed E-state index contributed by atoms with van der Waals surface area (Å²) < 4.78 is 0. The van der Waals surface area contributed by atoms with Crippen LogP contribution in [0.5, 0.6) is 0 Å². The van der Waals surface area contributed by atoms with Gasteiger partial charge in [-0.1, -0.05) is 6.92 Å². The largest absolute Gasteiger partial charge is 0.480 e. The number of carboxylic acids is 1. The summed E-state index contributed by atoms with van der Waals surface area (Å²) in [4.78, 5) is 15.7. The molecule has 1 aliphatic heterocycles. The van der Waals surface area contributed by atoms with Crippen LogP contribution in [0, 0.1) is 0 Å². The zero-order valence-electron chi connectivity index (χ0n) is 9.48. The minimum Gasteiger partial charge on any atom is -0.480 e. The van der Waals surface area contributed by atoms with Crippen molar-refractivity contribution in [2.75, 3.05) is 13.1 Å². The van der Waals surface area contributed by atoms with Crippen LogP contribution in [-0.4, -0.2) is 29.1 Å². The van der Waals surface area contributed by atoms with Crippen LogP contribution in [0.15, 0.2) is 12.1 Å². The van der Waals surface area contributed by atoms with E-state index in [1.54, 1.807) is 11.3 Å². The Balaban J connectivity index is 2.21. The summed E-state index contributed by atoms with van der Waals surface area (Å²) >= 11 is 1.63. The first kappa shape index (κ1) is 11.6. The molecule has 1 fully saturated rings. The van der Waals surface area contributed by atoms with Crippen molar-refractivity contribution >= 4 is 17.3 Å². The highest BCUT2D eigenvalue weighted by Crippen LogP contribution is 2.30. The number of carboxylic acid groups (broad SMARTS) is 1. The van der Waals surface area contributed by atoms with E-state index in [1.165, 1.54) is 4.88 Å². The third kappa shape index (κ3) is 2.28. The highest BCUT2D eigenvalue weighted by molar-refractivity contribution is 7.12. The Morgan fingerprint density at radius 2 is 2.19 bits per heavy atom. The first-order chi connectivity index (χ1) is 7.72. The van der Waals surface area contributed by atoms with Crippen LogP contribution in [0.2, 0.25) is 0 Å². The topological polar surface area (TPSA) is 40.5 Å². The standard InChI is InChI=1S/C12H17NO2S/c1-2-9-5-6-10(16-9)11(12(14)15)13-7-3-4-8-13/h5-6,11H,2-4,7-8H2,1H3,(H,14,15). The van der Waals surface area contributed by atoms with Crippen LogP contribution in [0.4, 0.5) is 0 Å². The van der Waals surface area contributed by atoms with Gasteiger partial charge in [0.05, 0.1) is 0 Å². The van der Waals surface area contributed by atoms with E-state index in [0.717, 1.165) is 37.2 Å². The summed E-state index contributed by atoms with van der Waals surface area (Å²) in [6.07, 6.45) is 3.22. The van der Waals surface area contributed by atoms with Crippen LogP contribution in [0.25, 0.3) is 0 Å². The second-order valence-corrected chi connectivity index (χ2v) is 5.34. The normalized spacial score (nSPS) is 18.8. The quantitative estimate of drug-likeness (QED) is 0.877. The average Bonchev–Trinajstić information content (AvgIpc) is 2.88. The molecule has 2 heterocycles. The van der Waals surface area contributed by atoms with E-state index in [9.17, 15) is 9.90 Å². The maximum absolute atomic E-state index is 11.3. The molecular weight excluding hydrogens is 222 g/mol. The smallest absolute Gasteiger partial charge is 0.326 e. The van der Waals surface area contributed by atoms with Gasteiger partial charge in [-0.3, -0.25) is 9.69 Å². The molecule has 88 valence electrons. The third-order valence-corrected chi connectivity index (χ3v) is 4.32. The van der Waals surface area contributed by atoms with Crippen molar-refractivity contribution in [1.29, 1.82) is 0 Å². The molecule has 0 amide bonds. The van der Waals surface area contributed by atoms with Crippen molar-refractivity contribution in [2.45, 2.75) is 32.2 Å². The van der Waals surface area contributed by atoms with Crippen LogP contribution < -0.4 is 0 Å². The Labute approximate surface area is 99.7 Å². The lowest BCUT2D eigenvalue weighted by molar-refractivity contribution is -0.143. The van der Waals surface area contributed by atoms with E-state index in [0.29, 0.717) is 0 Å². The summed E-state index contributed by atoms with van der Waals surface area (Å²) in [5.74, 6) is -0.716. The van der Waals surface area contributed by atoms with Gasteiger partial charge in [-0.15, -0.1) is 11.3 Å². The van der Waals surface area contributed by atoms with E-state index in [4.69, 9.17) is 0 Å². The van der Waals surface area contributed by atoms with Gasteiger partial charge in [-0.25, -0.2) is 0 Å². The second-order valence-electron chi connectivity index (χ2n) is 4.14. The molecule has 16 heavy (non-hydrogen) atoms. The molecule has 0 radical (unpaired) electrons. The molecule has 4 heteroatoms. The molecule has 1 aliphatic rings. The van der Waals surface area contributed by atoms with Gasteiger partial charge >= 0.3 is 5.97 Å². The lowest BCUT2D eigenvalue weighted by Crippen LogP contribution is -2.31. The van der Waals surface area contributed by atoms with Crippen molar-refractivity contribution in [3.05, 3.63) is 21.9 Å². The van der Waals surface area contributed by atoms with Gasteiger partial charge in [0.1, 0.15) is 6.04 Å². The number of aliphatic carboxylic acids is 1. The summed E-state index contributed by atoms with van der Waals surface area (Å²) in [5, 5.41) is 9.33. The first-order valence-corrected chi connectivity index (χ1v) is 6.59. The lowest BCUT2D eigenvalue weighted by atomic mass is 10.2. The van der Waals surface area contributed by atoms with Gasteiger partial charge in [0.15, 0.2) is 0 Å². The maximum atomic E-state index is 11.3. The maximum Gasteiger partial charge on any atom is 0.326 e. The zero-order chi connectivity index (χ0) is 11.5. The molecule has 1 N–H and O–H groups in total. The summed E-state index contributed by atoms with van der Waals surface area (Å²) in [7, 11) is 0. The fraction of sp³-hybridized carbons (Fsp3) is 0.583. The molecule has 0 aromatic carbocycles. The number of hydrogen-bond donors (Lipinski definition) is 1. The van der Waals surface area contributed by atoms with Crippen molar-refractivity contribution in [1.82, 2.24) is 4.90 Å². The Hall–Kier alpha value is -0.870. The Morgan fingerprint density at radius 1 is 1.50 bits per heavy atom. The van der Waals surface area contributed by atoms with E-state index in [-0.39, 0.29) is 0 Å². The summed E-state index contributed by atoms with van der Waals surface area (Å²) in [6.45, 7) is 3.92. The molecule has 0 saturated carbocycles. The Bertz CT molecular complexity index is 369. The minimum absolute atomic E-state index is 0.423. The van der Waals surface area contributed by atoms with Gasteiger partial charge in [0.2, 0.25) is 0 Å². The van der Waals surface area contributed by atoms with Gasteiger partial charge in [-0.2, -0.15) is 0 Å². The van der Waals surface area contributed by atoms with E-state index in [2.05, 4.69) is 11.8 Å². The molecule has 1 unspecified atom stereocenters. The van der Waals surface area contributed by atoms with Gasteiger partial charge in [-0.05, 0) is 44.5 Å². The molecular formula is C12H17NO2S. The van der Waals surface area contributed by atoms with Gasteiger partial charge in [0.25, 0.3) is 0 Å². The summed E-state index contributed by atoms with van der Waals surface area (Å²) in [6, 6.07) is 3.60. The molecule has 1 saturated heterocycles. The minimum atomic E-state index is -0.716. The predicted molar refractivity (Wildman–Crippen MR) is 64.9 cm³/mol.